The van der Waals surface area contributed by atoms with E-state index in [1.807, 2.05) is 0 Å². The molecule has 286 valence electrons. The van der Waals surface area contributed by atoms with E-state index >= 15 is 0 Å². The minimum absolute atomic E-state index is 0.0717. The van der Waals surface area contributed by atoms with E-state index in [-0.39, 0.29) is 19.6 Å². The van der Waals surface area contributed by atoms with Gasteiger partial charge in [-0.3, -0.25) is 9.59 Å². The average molecular weight is 714 g/mol. The third-order valence-electron chi connectivity index (χ3n) is 8.24. The summed E-state index contributed by atoms with van der Waals surface area (Å²) in [4.78, 5) is 52.6. The van der Waals surface area contributed by atoms with E-state index in [1.165, 1.54) is 25.3 Å². The molecule has 0 unspecified atom stereocenters. The largest absolute Gasteiger partial charge is 0.481 e. The summed E-state index contributed by atoms with van der Waals surface area (Å²) < 4.78 is 16.3. The number of amides is 1. The van der Waals surface area contributed by atoms with Gasteiger partial charge in [-0.1, -0.05) is 75.7 Å². The minimum atomic E-state index is -2.42. The van der Waals surface area contributed by atoms with Crippen LogP contribution in [0.25, 0.3) is 0 Å². The average Bonchev–Trinajstić information content (AvgIpc) is 3.07. The van der Waals surface area contributed by atoms with Gasteiger partial charge in [0, 0.05) is 32.3 Å². The van der Waals surface area contributed by atoms with Crippen molar-refractivity contribution in [3.05, 3.63) is 42.0 Å². The Morgan fingerprint density at radius 1 is 0.922 bits per heavy atom. The number of nitrogens with one attached hydrogen (secondary N) is 1. The molecule has 0 aromatic heterocycles. The first-order valence-corrected chi connectivity index (χ1v) is 18.6. The molecule has 0 aliphatic carbocycles. The second-order valence-electron chi connectivity index (χ2n) is 13.8. The molecule has 0 radical (unpaired) electrons. The standard InChI is InChI=1S/C41H63NO9/c1-7-10-12-15-18-21-33(44)22-19-16-13-14-17-20-23-35(41(48,28-29-43)39(47)51-40(4,5)6)37(45)42-36(38(46)49-9-3)31-32-24-26-34(27-25-32)50-30-11-8-2/h20,23-27,35-36,43,48H,7,9-10,12-19,21-22,28-31H2,1-6H3,(H,42,45)/t35-,36+,41+/m1/s1. The first kappa shape index (κ1) is 45.3. The smallest absolute Gasteiger partial charge is 0.339 e. The van der Waals surface area contributed by atoms with Crippen LogP contribution in [-0.4, -0.2) is 70.9 Å². The van der Waals surface area contributed by atoms with Crippen molar-refractivity contribution in [1.82, 2.24) is 5.32 Å². The van der Waals surface area contributed by atoms with Crippen LogP contribution in [0.2, 0.25) is 0 Å². The summed E-state index contributed by atoms with van der Waals surface area (Å²) in [5, 5.41) is 24.3. The SMILES string of the molecule is CC#CCOc1ccc(C[C@H](NC(=O)[C@@H](C=CCCCCCCC(=O)CCCCCCC)[C@@](O)(CCO)C(=O)OC(C)(C)C)C(=O)OCC)cc1. The lowest BCUT2D eigenvalue weighted by molar-refractivity contribution is -0.185. The van der Waals surface area contributed by atoms with Crippen molar-refractivity contribution in [3.63, 3.8) is 0 Å². The Morgan fingerprint density at radius 3 is 2.12 bits per heavy atom. The van der Waals surface area contributed by atoms with E-state index in [4.69, 9.17) is 14.2 Å². The van der Waals surface area contributed by atoms with Crippen LogP contribution in [0.15, 0.2) is 36.4 Å². The van der Waals surface area contributed by atoms with Crippen molar-refractivity contribution in [2.45, 2.75) is 149 Å². The fourth-order valence-corrected chi connectivity index (χ4v) is 5.45. The Balaban J connectivity index is 3.07. The number of carbonyl (C=O) groups excluding carboxylic acids is 4. The van der Waals surface area contributed by atoms with Gasteiger partial charge in [0.15, 0.2) is 5.60 Å². The maximum atomic E-state index is 14.0. The van der Waals surface area contributed by atoms with Crippen molar-refractivity contribution >= 4 is 23.6 Å². The first-order chi connectivity index (χ1) is 24.3. The Labute approximate surface area is 306 Å². The number of benzene rings is 1. The zero-order valence-corrected chi connectivity index (χ0v) is 31.9. The third-order valence-corrected chi connectivity index (χ3v) is 8.24. The van der Waals surface area contributed by atoms with Crippen molar-refractivity contribution in [2.24, 2.45) is 5.92 Å². The third kappa shape index (κ3) is 18.9. The van der Waals surface area contributed by atoms with Crippen LogP contribution >= 0.6 is 0 Å². The molecule has 0 heterocycles. The molecule has 1 amide bonds. The van der Waals surface area contributed by atoms with Gasteiger partial charge in [-0.25, -0.2) is 9.59 Å². The van der Waals surface area contributed by atoms with E-state index in [1.54, 1.807) is 65.0 Å². The van der Waals surface area contributed by atoms with E-state index < -0.39 is 54.0 Å². The lowest BCUT2D eigenvalue weighted by Crippen LogP contribution is -2.56. The molecule has 0 saturated carbocycles. The highest BCUT2D eigenvalue weighted by atomic mass is 16.6. The Bertz CT molecular complexity index is 1270. The zero-order valence-electron chi connectivity index (χ0n) is 31.9. The minimum Gasteiger partial charge on any atom is -0.481 e. The summed E-state index contributed by atoms with van der Waals surface area (Å²) in [6.45, 7) is 10.2. The second-order valence-corrected chi connectivity index (χ2v) is 13.8. The number of esters is 2. The molecular formula is C41H63NO9. The molecule has 0 aliphatic rings. The van der Waals surface area contributed by atoms with Gasteiger partial charge in [-0.05, 0) is 78.0 Å². The molecule has 1 rings (SSSR count). The normalized spacial score (nSPS) is 13.7. The van der Waals surface area contributed by atoms with Gasteiger partial charge in [0.05, 0.1) is 12.5 Å². The lowest BCUT2D eigenvalue weighted by Gasteiger charge is -2.34. The first-order valence-electron chi connectivity index (χ1n) is 18.6. The number of ketones is 1. The lowest BCUT2D eigenvalue weighted by atomic mass is 9.82. The van der Waals surface area contributed by atoms with E-state index in [0.29, 0.717) is 36.4 Å². The van der Waals surface area contributed by atoms with Gasteiger partial charge in [-0.15, -0.1) is 5.92 Å². The highest BCUT2D eigenvalue weighted by molar-refractivity contribution is 5.93. The van der Waals surface area contributed by atoms with Gasteiger partial charge in [0.25, 0.3) is 0 Å². The van der Waals surface area contributed by atoms with Crippen LogP contribution in [0.5, 0.6) is 5.75 Å². The van der Waals surface area contributed by atoms with Crippen molar-refractivity contribution in [2.75, 3.05) is 19.8 Å². The molecule has 0 fully saturated rings. The fourth-order valence-electron chi connectivity index (χ4n) is 5.45. The number of hydrogen-bond donors (Lipinski definition) is 3. The summed E-state index contributed by atoms with van der Waals surface area (Å²) >= 11 is 0. The van der Waals surface area contributed by atoms with Gasteiger partial charge in [-0.2, -0.15) is 0 Å². The number of aliphatic hydroxyl groups is 2. The molecule has 10 nitrogen and oxygen atoms in total. The number of allylic oxidation sites excluding steroid dienone is 1. The van der Waals surface area contributed by atoms with Crippen LogP contribution in [0, 0.1) is 17.8 Å². The van der Waals surface area contributed by atoms with Crippen LogP contribution in [-0.2, 0) is 35.1 Å². The van der Waals surface area contributed by atoms with Gasteiger partial charge in [0.1, 0.15) is 29.8 Å². The number of rotatable bonds is 26. The molecule has 3 atom stereocenters. The number of Topliss-reactive ketones (excluding diaryl/α,β-unsaturated/α-hetero) is 1. The number of carbonyl (C=O) groups is 4. The van der Waals surface area contributed by atoms with Crippen molar-refractivity contribution in [3.8, 4) is 17.6 Å². The Morgan fingerprint density at radius 2 is 1.55 bits per heavy atom. The van der Waals surface area contributed by atoms with Crippen LogP contribution in [0.3, 0.4) is 0 Å². The summed E-state index contributed by atoms with van der Waals surface area (Å²) in [5.41, 5.74) is -2.69. The fraction of sp³-hybridized carbons (Fsp3) is 0.659. The van der Waals surface area contributed by atoms with E-state index in [2.05, 4.69) is 24.1 Å². The zero-order chi connectivity index (χ0) is 38.1. The Hall–Kier alpha value is -3.68. The predicted molar refractivity (Wildman–Crippen MR) is 199 cm³/mol. The maximum absolute atomic E-state index is 14.0. The van der Waals surface area contributed by atoms with Gasteiger partial charge in [0.2, 0.25) is 5.91 Å². The molecule has 1 aromatic rings. The molecule has 3 N–H and O–H groups in total. The molecule has 51 heavy (non-hydrogen) atoms. The van der Waals surface area contributed by atoms with Crippen molar-refractivity contribution in [1.29, 1.82) is 0 Å². The summed E-state index contributed by atoms with van der Waals surface area (Å²) in [6.07, 6.45) is 13.6. The molecule has 0 saturated heterocycles. The molecule has 0 spiro atoms. The predicted octanol–water partition coefficient (Wildman–Crippen LogP) is 6.58. The molecule has 1 aromatic carbocycles. The summed E-state index contributed by atoms with van der Waals surface area (Å²) in [5.74, 6) is 2.48. The van der Waals surface area contributed by atoms with E-state index in [0.717, 1.165) is 38.5 Å². The van der Waals surface area contributed by atoms with Crippen molar-refractivity contribution < 1.29 is 43.6 Å². The molecule has 10 heteroatoms. The van der Waals surface area contributed by atoms with E-state index in [9.17, 15) is 29.4 Å². The number of unbranched alkanes of at least 4 members (excludes halogenated alkanes) is 8. The number of aliphatic hydroxyl groups excluding tert-OH is 1. The Kier molecular flexibility index (Phi) is 22.5. The summed E-state index contributed by atoms with van der Waals surface area (Å²) in [7, 11) is 0. The van der Waals surface area contributed by atoms with Gasteiger partial charge >= 0.3 is 11.9 Å². The molecule has 0 aliphatic heterocycles. The van der Waals surface area contributed by atoms with Crippen LogP contribution in [0.4, 0.5) is 0 Å². The highest BCUT2D eigenvalue weighted by Gasteiger charge is 2.49. The van der Waals surface area contributed by atoms with Crippen LogP contribution < -0.4 is 10.1 Å². The number of hydrogen-bond acceptors (Lipinski definition) is 9. The number of ether oxygens (including phenoxy) is 3. The van der Waals surface area contributed by atoms with Crippen LogP contribution in [0.1, 0.15) is 131 Å². The second kappa shape index (κ2) is 25.3. The summed E-state index contributed by atoms with van der Waals surface area (Å²) in [6, 6.07) is 5.86. The highest BCUT2D eigenvalue weighted by Crippen LogP contribution is 2.29. The molecule has 0 bridgehead atoms. The van der Waals surface area contributed by atoms with Gasteiger partial charge < -0.3 is 29.7 Å². The maximum Gasteiger partial charge on any atom is 0.339 e. The monoisotopic (exact) mass is 713 g/mol. The topological polar surface area (TPSA) is 148 Å². The quantitative estimate of drug-likeness (QED) is 0.0419. The molecular weight excluding hydrogens is 650 g/mol.